The number of hydrogen-bond acceptors (Lipinski definition) is 3. The normalized spacial score (nSPS) is 15.9. The van der Waals surface area contributed by atoms with E-state index in [1.54, 1.807) is 13.0 Å². The van der Waals surface area contributed by atoms with Crippen molar-refractivity contribution < 1.29 is 14.6 Å². The molecule has 0 aliphatic carbocycles. The highest BCUT2D eigenvalue weighted by molar-refractivity contribution is 4.83. The minimum absolute atomic E-state index is 0.206. The smallest absolute Gasteiger partial charge is 0.147 e. The van der Waals surface area contributed by atoms with E-state index in [1.165, 1.54) is 0 Å². The van der Waals surface area contributed by atoms with Crippen molar-refractivity contribution in [1.29, 1.82) is 0 Å². The molecule has 0 aromatic carbocycles. The van der Waals surface area contributed by atoms with E-state index < -0.39 is 6.10 Å². The average Bonchev–Trinajstić information content (AvgIpc) is 1.97. The van der Waals surface area contributed by atoms with Crippen molar-refractivity contribution in [2.75, 3.05) is 13.4 Å². The highest BCUT2D eigenvalue weighted by Crippen LogP contribution is 1.99. The Balaban J connectivity index is 3.44. The van der Waals surface area contributed by atoms with Gasteiger partial charge >= 0.3 is 0 Å². The molecule has 0 saturated carbocycles. The van der Waals surface area contributed by atoms with Crippen molar-refractivity contribution in [3.8, 4) is 0 Å². The van der Waals surface area contributed by atoms with Gasteiger partial charge in [-0.3, -0.25) is 0 Å². The molecule has 3 nitrogen and oxygen atoms in total. The quantitative estimate of drug-likeness (QED) is 0.357. The number of hydrogen-bond donors (Lipinski definition) is 1. The van der Waals surface area contributed by atoms with Crippen molar-refractivity contribution >= 4 is 0 Å². The van der Waals surface area contributed by atoms with Crippen LogP contribution in [0.25, 0.3) is 0 Å². The molecule has 0 unspecified atom stereocenters. The third kappa shape index (κ3) is 4.95. The van der Waals surface area contributed by atoms with Gasteiger partial charge < -0.3 is 14.6 Å². The molecule has 66 valence electrons. The maximum Gasteiger partial charge on any atom is 0.147 e. The van der Waals surface area contributed by atoms with Gasteiger partial charge in [0.25, 0.3) is 0 Å². The second-order valence-corrected chi connectivity index (χ2v) is 2.22. The zero-order valence-corrected chi connectivity index (χ0v) is 7.12. The van der Waals surface area contributed by atoms with Crippen LogP contribution in [0.15, 0.2) is 12.7 Å². The van der Waals surface area contributed by atoms with Gasteiger partial charge in [0, 0.05) is 6.61 Å². The minimum Gasteiger partial charge on any atom is -0.390 e. The Morgan fingerprint density at radius 3 is 2.64 bits per heavy atom. The van der Waals surface area contributed by atoms with Gasteiger partial charge in [0.1, 0.15) is 12.9 Å². The molecule has 0 saturated heterocycles. The maximum atomic E-state index is 9.06. The summed E-state index contributed by atoms with van der Waals surface area (Å²) in [5.74, 6) is 0. The van der Waals surface area contributed by atoms with Crippen LogP contribution in [-0.2, 0) is 9.47 Å². The molecule has 0 rings (SSSR count). The highest BCUT2D eigenvalue weighted by atomic mass is 16.7. The first-order chi connectivity index (χ1) is 5.22. The molecule has 0 aromatic heterocycles. The topological polar surface area (TPSA) is 38.7 Å². The van der Waals surface area contributed by atoms with Crippen molar-refractivity contribution in [1.82, 2.24) is 0 Å². The third-order valence-electron chi connectivity index (χ3n) is 1.26. The number of aliphatic hydroxyl groups excluding tert-OH is 1. The van der Waals surface area contributed by atoms with E-state index in [0.717, 1.165) is 0 Å². The molecule has 0 aliphatic heterocycles. The van der Waals surface area contributed by atoms with Crippen LogP contribution in [0.2, 0.25) is 0 Å². The first-order valence-electron chi connectivity index (χ1n) is 3.72. The summed E-state index contributed by atoms with van der Waals surface area (Å²) in [6.45, 7) is 7.88. The summed E-state index contributed by atoms with van der Waals surface area (Å²) in [6.07, 6.45) is 0.693. The van der Waals surface area contributed by atoms with Crippen LogP contribution in [0.3, 0.4) is 0 Å². The van der Waals surface area contributed by atoms with Crippen molar-refractivity contribution in [3.63, 3.8) is 0 Å². The summed E-state index contributed by atoms with van der Waals surface area (Å²) < 4.78 is 10.0. The maximum absolute atomic E-state index is 9.06. The Morgan fingerprint density at radius 1 is 1.64 bits per heavy atom. The molecule has 3 heteroatoms. The zero-order chi connectivity index (χ0) is 8.69. The van der Waals surface area contributed by atoms with Crippen LogP contribution < -0.4 is 0 Å². The predicted molar refractivity (Wildman–Crippen MR) is 43.2 cm³/mol. The molecule has 0 heterocycles. The van der Waals surface area contributed by atoms with E-state index in [-0.39, 0.29) is 12.9 Å². The van der Waals surface area contributed by atoms with Crippen LogP contribution in [0, 0.1) is 0 Å². The number of ether oxygens (including phenoxy) is 2. The lowest BCUT2D eigenvalue weighted by Gasteiger charge is -2.15. The molecule has 0 aliphatic rings. The largest absolute Gasteiger partial charge is 0.390 e. The number of rotatable bonds is 6. The van der Waals surface area contributed by atoms with Gasteiger partial charge in [-0.2, -0.15) is 0 Å². The third-order valence-corrected chi connectivity index (χ3v) is 1.26. The molecule has 2 atom stereocenters. The lowest BCUT2D eigenvalue weighted by atomic mass is 10.2. The summed E-state index contributed by atoms with van der Waals surface area (Å²) in [6, 6.07) is 0. The molecular weight excluding hydrogens is 144 g/mol. The Kier molecular flexibility index (Phi) is 6.12. The van der Waals surface area contributed by atoms with Crippen LogP contribution in [0.5, 0.6) is 0 Å². The molecule has 11 heavy (non-hydrogen) atoms. The van der Waals surface area contributed by atoms with E-state index in [0.29, 0.717) is 6.61 Å². The first kappa shape index (κ1) is 10.6. The Bertz CT molecular complexity index is 102. The van der Waals surface area contributed by atoms with Crippen LogP contribution in [0.1, 0.15) is 13.8 Å². The molecule has 0 amide bonds. The Hall–Kier alpha value is -0.380. The lowest BCUT2D eigenvalue weighted by molar-refractivity contribution is -0.101. The van der Waals surface area contributed by atoms with Gasteiger partial charge in [0.2, 0.25) is 0 Å². The van der Waals surface area contributed by atoms with Gasteiger partial charge in [0.15, 0.2) is 0 Å². The second-order valence-electron chi connectivity index (χ2n) is 2.22. The van der Waals surface area contributed by atoms with Crippen molar-refractivity contribution in [2.45, 2.75) is 26.1 Å². The molecule has 0 radical (unpaired) electrons. The van der Waals surface area contributed by atoms with Crippen LogP contribution in [0.4, 0.5) is 0 Å². The zero-order valence-electron chi connectivity index (χ0n) is 7.12. The molecule has 0 aromatic rings. The van der Waals surface area contributed by atoms with Crippen LogP contribution in [-0.4, -0.2) is 30.7 Å². The SMILES string of the molecule is C=C[C@@H](OCOCC)[C@@H](C)O. The van der Waals surface area contributed by atoms with Gasteiger partial charge in [-0.15, -0.1) is 6.58 Å². The summed E-state index contributed by atoms with van der Waals surface area (Å²) in [5, 5.41) is 9.06. The van der Waals surface area contributed by atoms with Gasteiger partial charge in [-0.1, -0.05) is 6.08 Å². The monoisotopic (exact) mass is 160 g/mol. The first-order valence-corrected chi connectivity index (χ1v) is 3.72. The van der Waals surface area contributed by atoms with Gasteiger partial charge in [-0.05, 0) is 13.8 Å². The molecule has 0 spiro atoms. The molecule has 0 bridgehead atoms. The Morgan fingerprint density at radius 2 is 2.27 bits per heavy atom. The molecule has 1 N–H and O–H groups in total. The lowest BCUT2D eigenvalue weighted by Crippen LogP contribution is -2.24. The molecule has 0 fully saturated rings. The van der Waals surface area contributed by atoms with E-state index in [2.05, 4.69) is 6.58 Å². The van der Waals surface area contributed by atoms with Gasteiger partial charge in [0.05, 0.1) is 6.10 Å². The predicted octanol–water partition coefficient (Wildman–Crippen LogP) is 0.932. The van der Waals surface area contributed by atoms with Crippen molar-refractivity contribution in [3.05, 3.63) is 12.7 Å². The van der Waals surface area contributed by atoms with Crippen molar-refractivity contribution in [2.24, 2.45) is 0 Å². The summed E-state index contributed by atoms with van der Waals surface area (Å²) in [5.41, 5.74) is 0. The van der Waals surface area contributed by atoms with Crippen LogP contribution >= 0.6 is 0 Å². The fraction of sp³-hybridized carbons (Fsp3) is 0.750. The summed E-state index contributed by atoms with van der Waals surface area (Å²) >= 11 is 0. The van der Waals surface area contributed by atoms with E-state index in [9.17, 15) is 0 Å². The second kappa shape index (κ2) is 6.34. The van der Waals surface area contributed by atoms with E-state index in [4.69, 9.17) is 14.6 Å². The standard InChI is InChI=1S/C8H16O3/c1-4-8(7(3)9)11-6-10-5-2/h4,7-9H,1,5-6H2,2-3H3/t7-,8-/m1/s1. The fourth-order valence-corrected chi connectivity index (χ4v) is 0.614. The van der Waals surface area contributed by atoms with E-state index >= 15 is 0 Å². The van der Waals surface area contributed by atoms with E-state index in [1.807, 2.05) is 6.92 Å². The Labute approximate surface area is 67.6 Å². The summed E-state index contributed by atoms with van der Waals surface area (Å²) in [7, 11) is 0. The highest BCUT2D eigenvalue weighted by Gasteiger charge is 2.09. The van der Waals surface area contributed by atoms with Gasteiger partial charge in [-0.25, -0.2) is 0 Å². The minimum atomic E-state index is -0.534. The average molecular weight is 160 g/mol. The molecular formula is C8H16O3. The number of aliphatic hydroxyl groups is 1. The fourth-order valence-electron chi connectivity index (χ4n) is 0.614. The summed E-state index contributed by atoms with van der Waals surface area (Å²) in [4.78, 5) is 0.